The molecule has 0 aromatic rings. The summed E-state index contributed by atoms with van der Waals surface area (Å²) in [6.07, 6.45) is 10.0. The van der Waals surface area contributed by atoms with Gasteiger partial charge >= 0.3 is 0 Å². The molecule has 2 atom stereocenters. The van der Waals surface area contributed by atoms with E-state index in [4.69, 9.17) is 5.84 Å². The highest BCUT2D eigenvalue weighted by molar-refractivity contribution is 5.05. The van der Waals surface area contributed by atoms with Gasteiger partial charge in [-0.25, -0.2) is 0 Å². The second-order valence-corrected chi connectivity index (χ2v) is 4.53. The molecule has 2 heteroatoms. The fourth-order valence-electron chi connectivity index (χ4n) is 2.39. The van der Waals surface area contributed by atoms with Crippen LogP contribution in [0.25, 0.3) is 0 Å². The summed E-state index contributed by atoms with van der Waals surface area (Å²) in [7, 11) is 0. The fourth-order valence-corrected chi connectivity index (χ4v) is 2.39. The predicted molar refractivity (Wildman–Crippen MR) is 61.4 cm³/mol. The lowest BCUT2D eigenvalue weighted by Crippen LogP contribution is -2.17. The molecule has 1 saturated carbocycles. The topological polar surface area (TPSA) is 38.0 Å². The van der Waals surface area contributed by atoms with Crippen molar-refractivity contribution in [2.24, 2.45) is 17.7 Å². The molecular weight excluding hydrogens is 172 g/mol. The molecule has 0 heterocycles. The Labute approximate surface area is 87.9 Å². The zero-order valence-corrected chi connectivity index (χ0v) is 9.55. The van der Waals surface area contributed by atoms with E-state index in [2.05, 4.69) is 19.3 Å². The summed E-state index contributed by atoms with van der Waals surface area (Å²) >= 11 is 0. The number of hydrogen-bond acceptors (Lipinski definition) is 2. The number of rotatable bonds is 2. The van der Waals surface area contributed by atoms with Gasteiger partial charge in [0.1, 0.15) is 0 Å². The van der Waals surface area contributed by atoms with Gasteiger partial charge < -0.3 is 5.43 Å². The third kappa shape index (κ3) is 3.33. The van der Waals surface area contributed by atoms with E-state index in [-0.39, 0.29) is 0 Å². The Hall–Kier alpha value is -0.500. The minimum atomic E-state index is 0.709. The van der Waals surface area contributed by atoms with Crippen LogP contribution in [-0.2, 0) is 0 Å². The van der Waals surface area contributed by atoms with Crippen LogP contribution in [0, 0.1) is 11.8 Å². The second kappa shape index (κ2) is 6.07. The van der Waals surface area contributed by atoms with E-state index in [0.29, 0.717) is 5.92 Å². The van der Waals surface area contributed by atoms with E-state index < -0.39 is 0 Å². The van der Waals surface area contributed by atoms with Crippen LogP contribution >= 0.6 is 0 Å². The molecule has 0 amide bonds. The Morgan fingerprint density at radius 3 is 2.86 bits per heavy atom. The van der Waals surface area contributed by atoms with Crippen LogP contribution in [0.5, 0.6) is 0 Å². The summed E-state index contributed by atoms with van der Waals surface area (Å²) in [4.78, 5) is 0. The number of nitrogens with one attached hydrogen (secondary N) is 1. The molecule has 0 aromatic heterocycles. The number of nitrogens with two attached hydrogens (primary N) is 1. The fraction of sp³-hybridized carbons (Fsp3) is 0.833. The van der Waals surface area contributed by atoms with E-state index in [9.17, 15) is 0 Å². The van der Waals surface area contributed by atoms with Crippen LogP contribution in [0.15, 0.2) is 11.8 Å². The third-order valence-electron chi connectivity index (χ3n) is 3.56. The predicted octanol–water partition coefficient (Wildman–Crippen LogP) is 2.96. The normalized spacial score (nSPS) is 32.4. The van der Waals surface area contributed by atoms with E-state index in [1.807, 2.05) is 6.20 Å². The van der Waals surface area contributed by atoms with E-state index >= 15 is 0 Å². The lowest BCUT2D eigenvalue weighted by atomic mass is 9.82. The monoisotopic (exact) mass is 196 g/mol. The van der Waals surface area contributed by atoms with Crippen LogP contribution in [0.1, 0.15) is 52.4 Å². The van der Waals surface area contributed by atoms with E-state index in [0.717, 1.165) is 5.92 Å². The highest BCUT2D eigenvalue weighted by atomic mass is 15.2. The van der Waals surface area contributed by atoms with Crippen LogP contribution in [0.4, 0.5) is 0 Å². The van der Waals surface area contributed by atoms with E-state index in [1.165, 1.54) is 44.1 Å². The second-order valence-electron chi connectivity index (χ2n) is 4.53. The molecule has 0 spiro atoms. The van der Waals surface area contributed by atoms with Crippen molar-refractivity contribution in [2.75, 3.05) is 0 Å². The SMILES string of the molecule is CCC1CCC/C(=C/NN)C(C)CC1. The Balaban J connectivity index is 2.50. The first kappa shape index (κ1) is 11.6. The zero-order chi connectivity index (χ0) is 10.4. The highest BCUT2D eigenvalue weighted by Gasteiger charge is 2.16. The van der Waals surface area contributed by atoms with Gasteiger partial charge in [0.05, 0.1) is 0 Å². The molecule has 3 N–H and O–H groups in total. The summed E-state index contributed by atoms with van der Waals surface area (Å²) in [5, 5.41) is 0. The molecule has 2 nitrogen and oxygen atoms in total. The first-order valence-corrected chi connectivity index (χ1v) is 5.93. The van der Waals surface area contributed by atoms with Gasteiger partial charge in [-0.1, -0.05) is 32.3 Å². The molecule has 1 aliphatic rings. The Bertz CT molecular complexity index is 187. The third-order valence-corrected chi connectivity index (χ3v) is 3.56. The van der Waals surface area contributed by atoms with Crippen molar-refractivity contribution < 1.29 is 0 Å². The maximum absolute atomic E-state index is 5.34. The summed E-state index contributed by atoms with van der Waals surface area (Å²) in [6.45, 7) is 4.64. The molecule has 0 radical (unpaired) electrons. The van der Waals surface area contributed by atoms with Gasteiger partial charge in [-0.15, -0.1) is 0 Å². The number of hydrazine groups is 1. The first-order valence-electron chi connectivity index (χ1n) is 5.93. The Morgan fingerprint density at radius 1 is 1.43 bits per heavy atom. The minimum Gasteiger partial charge on any atom is -0.331 e. The van der Waals surface area contributed by atoms with Crippen LogP contribution in [-0.4, -0.2) is 0 Å². The van der Waals surface area contributed by atoms with Gasteiger partial charge in [0.25, 0.3) is 0 Å². The van der Waals surface area contributed by atoms with Gasteiger partial charge in [0.2, 0.25) is 0 Å². The van der Waals surface area contributed by atoms with E-state index in [1.54, 1.807) is 0 Å². The summed E-state index contributed by atoms with van der Waals surface area (Å²) < 4.78 is 0. The molecule has 2 unspecified atom stereocenters. The Kier molecular flexibility index (Phi) is 5.02. The molecule has 0 aromatic carbocycles. The van der Waals surface area contributed by atoms with Gasteiger partial charge in [-0.05, 0) is 37.5 Å². The van der Waals surface area contributed by atoms with Gasteiger partial charge in [0, 0.05) is 6.20 Å². The molecule has 1 aliphatic carbocycles. The average molecular weight is 196 g/mol. The number of hydrogen-bond donors (Lipinski definition) is 2. The van der Waals surface area contributed by atoms with Crippen molar-refractivity contribution in [3.05, 3.63) is 11.8 Å². The smallest absolute Gasteiger partial charge is 0.0117 e. The first-order chi connectivity index (χ1) is 6.77. The van der Waals surface area contributed by atoms with Crippen LogP contribution in [0.2, 0.25) is 0 Å². The van der Waals surface area contributed by atoms with Gasteiger partial charge in [-0.2, -0.15) is 0 Å². The summed E-state index contributed by atoms with van der Waals surface area (Å²) in [5.41, 5.74) is 4.18. The van der Waals surface area contributed by atoms with Crippen LogP contribution in [0.3, 0.4) is 0 Å². The molecule has 1 rings (SSSR count). The molecule has 82 valence electrons. The van der Waals surface area contributed by atoms with Crippen molar-refractivity contribution in [3.8, 4) is 0 Å². The summed E-state index contributed by atoms with van der Waals surface area (Å²) in [5.74, 6) is 7.01. The van der Waals surface area contributed by atoms with Crippen molar-refractivity contribution in [1.29, 1.82) is 0 Å². The molecule has 1 fully saturated rings. The lowest BCUT2D eigenvalue weighted by molar-refractivity contribution is 0.361. The van der Waals surface area contributed by atoms with Gasteiger partial charge in [-0.3, -0.25) is 5.84 Å². The zero-order valence-electron chi connectivity index (χ0n) is 9.55. The summed E-state index contributed by atoms with van der Waals surface area (Å²) in [6, 6.07) is 0. The lowest BCUT2D eigenvalue weighted by Gasteiger charge is -2.24. The Morgan fingerprint density at radius 2 is 2.21 bits per heavy atom. The largest absolute Gasteiger partial charge is 0.331 e. The van der Waals surface area contributed by atoms with Crippen molar-refractivity contribution in [2.45, 2.75) is 52.4 Å². The maximum atomic E-state index is 5.34. The standard InChI is InChI=1S/C12H24N2/c1-3-11-5-4-6-12(9-14-13)10(2)7-8-11/h9-11,14H,3-8,13H2,1-2H3/b12-9-. The molecule has 0 saturated heterocycles. The van der Waals surface area contributed by atoms with Crippen molar-refractivity contribution in [3.63, 3.8) is 0 Å². The maximum Gasteiger partial charge on any atom is 0.0117 e. The molecular formula is C12H24N2. The average Bonchev–Trinajstić information content (AvgIpc) is 2.18. The van der Waals surface area contributed by atoms with Crippen molar-refractivity contribution >= 4 is 0 Å². The molecule has 14 heavy (non-hydrogen) atoms. The van der Waals surface area contributed by atoms with Gasteiger partial charge in [0.15, 0.2) is 0 Å². The number of allylic oxidation sites excluding steroid dienone is 1. The van der Waals surface area contributed by atoms with Crippen molar-refractivity contribution in [1.82, 2.24) is 5.43 Å². The molecule has 0 aliphatic heterocycles. The highest BCUT2D eigenvalue weighted by Crippen LogP contribution is 2.30. The van der Waals surface area contributed by atoms with Crippen LogP contribution < -0.4 is 11.3 Å². The quantitative estimate of drug-likeness (QED) is 0.526. The molecule has 0 bridgehead atoms. The minimum absolute atomic E-state index is 0.709.